The van der Waals surface area contributed by atoms with Gasteiger partial charge in [0.25, 0.3) is 0 Å². The summed E-state index contributed by atoms with van der Waals surface area (Å²) in [7, 11) is 0. The van der Waals surface area contributed by atoms with Crippen LogP contribution in [0.5, 0.6) is 0 Å². The van der Waals surface area contributed by atoms with Crippen molar-refractivity contribution in [1.82, 2.24) is 9.97 Å². The van der Waals surface area contributed by atoms with E-state index in [1.165, 1.54) is 32.7 Å². The Morgan fingerprint density at radius 3 is 1.72 bits per heavy atom. The number of hydrogen-bond acceptors (Lipinski definition) is 2. The molecule has 0 saturated heterocycles. The SMILES string of the molecule is [2H]C(=C=C)C1([2H])c2cc(-c3ccc(-c4cccnc4)nc3)cc3ccc4cc(-c5c6ccccc6c(-c6ccc7ccccc7c6)c6ccccc56)cc1c4c23. The van der Waals surface area contributed by atoms with E-state index in [1.807, 2.05) is 30.6 Å². The van der Waals surface area contributed by atoms with Crippen molar-refractivity contribution in [1.29, 1.82) is 0 Å². The minimum absolute atomic E-state index is 0.0250. The van der Waals surface area contributed by atoms with E-state index < -0.39 is 5.89 Å². The van der Waals surface area contributed by atoms with Gasteiger partial charge in [0.2, 0.25) is 0 Å². The van der Waals surface area contributed by atoms with Crippen molar-refractivity contribution in [2.75, 3.05) is 0 Å². The Balaban J connectivity index is 1.14. The van der Waals surface area contributed by atoms with Crippen LogP contribution >= 0.6 is 0 Å². The van der Waals surface area contributed by atoms with E-state index in [-0.39, 0.29) is 6.05 Å². The van der Waals surface area contributed by atoms with Gasteiger partial charge in [-0.1, -0.05) is 110 Å². The number of benzene rings is 8. The third kappa shape index (κ3) is 4.61. The van der Waals surface area contributed by atoms with Crippen LogP contribution in [0, 0.1) is 0 Å². The first-order valence-corrected chi connectivity index (χ1v) is 18.2. The largest absolute Gasteiger partial charge is 0.264 e. The monoisotopic (exact) mass is 686 g/mol. The van der Waals surface area contributed by atoms with Crippen molar-refractivity contribution >= 4 is 53.9 Å². The molecule has 1 atom stereocenters. The van der Waals surface area contributed by atoms with E-state index in [1.54, 1.807) is 6.20 Å². The van der Waals surface area contributed by atoms with Gasteiger partial charge in [-0.15, -0.1) is 5.73 Å². The summed E-state index contributed by atoms with van der Waals surface area (Å²) < 4.78 is 19.6. The second-order valence-electron chi connectivity index (χ2n) is 14.1. The van der Waals surface area contributed by atoms with Crippen molar-refractivity contribution in [2.45, 2.75) is 5.89 Å². The summed E-state index contributed by atoms with van der Waals surface area (Å²) in [6, 6.07) is 53.6. The highest BCUT2D eigenvalue weighted by molar-refractivity contribution is 6.23. The van der Waals surface area contributed by atoms with Crippen molar-refractivity contribution < 1.29 is 2.74 Å². The zero-order valence-corrected chi connectivity index (χ0v) is 29.3. The molecule has 0 spiro atoms. The molecule has 250 valence electrons. The van der Waals surface area contributed by atoms with Crippen molar-refractivity contribution in [2.24, 2.45) is 0 Å². The summed E-state index contributed by atoms with van der Waals surface area (Å²) in [6.45, 7) is 3.90. The van der Waals surface area contributed by atoms with Gasteiger partial charge in [-0.2, -0.15) is 0 Å². The minimum Gasteiger partial charge on any atom is -0.264 e. The number of fused-ring (bicyclic) bond motifs is 3. The molecule has 1 aliphatic rings. The normalized spacial score (nSPS) is 15.3. The zero-order chi connectivity index (χ0) is 37.5. The van der Waals surface area contributed by atoms with Crippen molar-refractivity contribution in [3.63, 3.8) is 0 Å². The minimum atomic E-state index is -1.52. The molecule has 0 radical (unpaired) electrons. The molecule has 1 aliphatic carbocycles. The molecule has 8 aromatic carbocycles. The number of pyridine rings is 2. The quantitative estimate of drug-likeness (QED) is 0.102. The van der Waals surface area contributed by atoms with Crippen LogP contribution < -0.4 is 0 Å². The Morgan fingerprint density at radius 2 is 1.09 bits per heavy atom. The average Bonchev–Trinajstić information content (AvgIpc) is 3.53. The van der Waals surface area contributed by atoms with Crippen LogP contribution in [0.2, 0.25) is 0 Å². The van der Waals surface area contributed by atoms with Crippen molar-refractivity contribution in [3.8, 4) is 44.6 Å². The Kier molecular flexibility index (Phi) is 6.31. The van der Waals surface area contributed by atoms with Gasteiger partial charge in [0, 0.05) is 37.0 Å². The fourth-order valence-corrected chi connectivity index (χ4v) is 8.75. The van der Waals surface area contributed by atoms with Crippen LogP contribution in [-0.2, 0) is 0 Å². The molecule has 2 aromatic heterocycles. The lowest BCUT2D eigenvalue weighted by Gasteiger charge is -2.19. The van der Waals surface area contributed by atoms with E-state index in [0.29, 0.717) is 0 Å². The lowest BCUT2D eigenvalue weighted by Crippen LogP contribution is -1.95. The second-order valence-corrected chi connectivity index (χ2v) is 14.1. The maximum absolute atomic E-state index is 10.3. The molecular formula is C52H32N2. The molecule has 2 heterocycles. The maximum Gasteiger partial charge on any atom is 0.0717 e. The molecule has 10 aromatic rings. The Hall–Kier alpha value is -7.12. The molecule has 0 amide bonds. The third-order valence-corrected chi connectivity index (χ3v) is 11.1. The predicted molar refractivity (Wildman–Crippen MR) is 227 cm³/mol. The van der Waals surface area contributed by atoms with Gasteiger partial charge < -0.3 is 0 Å². The molecule has 11 rings (SSSR count). The molecule has 0 N–H and O–H groups in total. The van der Waals surface area contributed by atoms with Gasteiger partial charge in [-0.25, -0.2) is 0 Å². The molecule has 2 heteroatoms. The van der Waals surface area contributed by atoms with Crippen LogP contribution in [0.3, 0.4) is 0 Å². The standard InChI is InChI=1S/C52H32N2/c1-2-10-41-46-28-39(37-22-23-48(54-31-37)38-13-9-24-53-30-38)26-35-20-21-36-27-40(29-47(41)52(36)51(35)46)50-44-16-7-5-14-42(44)49(43-15-6-8-17-45(43)50)34-19-18-32-11-3-4-12-33(32)25-34/h3-31,41H,1H2/i10D,41D. The molecule has 0 saturated carbocycles. The zero-order valence-electron chi connectivity index (χ0n) is 31.3. The molecule has 1 unspecified atom stereocenters. The predicted octanol–water partition coefficient (Wildman–Crippen LogP) is 13.7. The third-order valence-electron chi connectivity index (χ3n) is 11.1. The molecule has 0 bridgehead atoms. The lowest BCUT2D eigenvalue weighted by molar-refractivity contribution is 1.08. The van der Waals surface area contributed by atoms with Crippen LogP contribution in [0.4, 0.5) is 0 Å². The van der Waals surface area contributed by atoms with Crippen molar-refractivity contribution in [3.05, 3.63) is 200 Å². The number of aromatic nitrogens is 2. The highest BCUT2D eigenvalue weighted by atomic mass is 14.7. The summed E-state index contributed by atoms with van der Waals surface area (Å²) in [4.78, 5) is 9.03. The van der Waals surface area contributed by atoms with Gasteiger partial charge in [-0.3, -0.25) is 9.97 Å². The van der Waals surface area contributed by atoms with Crippen LogP contribution in [0.1, 0.15) is 19.8 Å². The Bertz CT molecular complexity index is 3270. The summed E-state index contributed by atoms with van der Waals surface area (Å²) in [5.74, 6) is -1.52. The number of allylic oxidation sites excluding steroid dienone is 1. The molecule has 2 nitrogen and oxygen atoms in total. The van der Waals surface area contributed by atoms with Gasteiger partial charge >= 0.3 is 0 Å². The number of rotatable bonds is 5. The smallest absolute Gasteiger partial charge is 0.0717 e. The molecule has 54 heavy (non-hydrogen) atoms. The van der Waals surface area contributed by atoms with Gasteiger partial charge in [0.1, 0.15) is 0 Å². The Morgan fingerprint density at radius 1 is 0.519 bits per heavy atom. The van der Waals surface area contributed by atoms with E-state index in [4.69, 9.17) is 4.98 Å². The second kappa shape index (κ2) is 12.0. The van der Waals surface area contributed by atoms with Gasteiger partial charge in [0.05, 0.1) is 7.06 Å². The lowest BCUT2D eigenvalue weighted by atomic mass is 9.84. The summed E-state index contributed by atoms with van der Waals surface area (Å²) in [5.41, 5.74) is 12.6. The van der Waals surface area contributed by atoms with E-state index >= 15 is 0 Å². The summed E-state index contributed by atoms with van der Waals surface area (Å²) >= 11 is 0. The highest BCUT2D eigenvalue weighted by Gasteiger charge is 2.28. The van der Waals surface area contributed by atoms with Crippen LogP contribution in [0.25, 0.3) is 98.5 Å². The number of hydrogen-bond donors (Lipinski definition) is 0. The van der Waals surface area contributed by atoms with E-state index in [2.05, 4.69) is 151 Å². The number of nitrogens with zero attached hydrogens (tertiary/aromatic N) is 2. The van der Waals surface area contributed by atoms with Gasteiger partial charge in [-0.05, 0) is 147 Å². The van der Waals surface area contributed by atoms with Crippen LogP contribution in [0.15, 0.2) is 189 Å². The summed E-state index contributed by atoms with van der Waals surface area (Å²) in [6.07, 6.45) is 5.45. The fraction of sp³-hybridized carbons (Fsp3) is 0.0192. The average molecular weight is 687 g/mol. The topological polar surface area (TPSA) is 25.8 Å². The highest BCUT2D eigenvalue weighted by Crippen LogP contribution is 2.51. The fourth-order valence-electron chi connectivity index (χ4n) is 8.75. The van der Waals surface area contributed by atoms with Crippen LogP contribution in [-0.4, -0.2) is 9.97 Å². The molecule has 0 aliphatic heterocycles. The Labute approximate surface area is 315 Å². The van der Waals surface area contributed by atoms with E-state index in [9.17, 15) is 2.74 Å². The first kappa shape index (κ1) is 28.5. The molecular weight excluding hydrogens is 653 g/mol. The maximum atomic E-state index is 10.3. The molecule has 0 fully saturated rings. The van der Waals surface area contributed by atoms with Gasteiger partial charge in [0.15, 0.2) is 0 Å². The summed E-state index contributed by atoms with van der Waals surface area (Å²) in [5, 5.41) is 11.1. The first-order chi connectivity index (χ1) is 27.5. The van der Waals surface area contributed by atoms with E-state index in [0.717, 1.165) is 77.0 Å². The first-order valence-electron chi connectivity index (χ1n) is 19.2.